The number of anilines is 1. The van der Waals surface area contributed by atoms with Crippen molar-refractivity contribution in [3.8, 4) is 5.69 Å². The Labute approximate surface area is 121 Å². The molecule has 1 heterocycles. The number of benzene rings is 2. The van der Waals surface area contributed by atoms with Crippen molar-refractivity contribution >= 4 is 44.5 Å². The summed E-state index contributed by atoms with van der Waals surface area (Å²) >= 11 is 9.29. The number of nitrogens with zero attached hydrogens (tertiary/aromatic N) is 2. The highest BCUT2D eigenvalue weighted by molar-refractivity contribution is 9.10. The normalized spacial score (nSPS) is 11.1. The fourth-order valence-electron chi connectivity index (χ4n) is 1.98. The topological polar surface area (TPSA) is 43.8 Å². The molecule has 0 saturated heterocycles. The van der Waals surface area contributed by atoms with Crippen LogP contribution in [0.1, 0.15) is 0 Å². The van der Waals surface area contributed by atoms with E-state index >= 15 is 0 Å². The Morgan fingerprint density at radius 1 is 1.21 bits per heavy atom. The summed E-state index contributed by atoms with van der Waals surface area (Å²) < 4.78 is 16.3. The fraction of sp³-hybridized carbons (Fsp3) is 0. The quantitative estimate of drug-likeness (QED) is 0.723. The molecule has 0 fully saturated rings. The van der Waals surface area contributed by atoms with Crippen LogP contribution in [0.25, 0.3) is 16.7 Å². The van der Waals surface area contributed by atoms with Crippen LogP contribution in [-0.4, -0.2) is 9.55 Å². The highest BCUT2D eigenvalue weighted by Crippen LogP contribution is 2.28. The standard InChI is InChI=1S/C13H8BrClFN3/c14-7-1-3-9(16)11(5-7)19-12-6-8(15)2-4-10(12)18-13(19)17/h1-6H,(H2,17,18). The smallest absolute Gasteiger partial charge is 0.206 e. The molecule has 0 unspecified atom stereocenters. The van der Waals surface area contributed by atoms with Crippen molar-refractivity contribution in [2.45, 2.75) is 0 Å². The summed E-state index contributed by atoms with van der Waals surface area (Å²) in [6.07, 6.45) is 0. The van der Waals surface area contributed by atoms with Gasteiger partial charge in [0.25, 0.3) is 0 Å². The molecule has 6 heteroatoms. The summed E-state index contributed by atoms with van der Waals surface area (Å²) in [5.74, 6) is -0.163. The van der Waals surface area contributed by atoms with Crippen LogP contribution in [0, 0.1) is 5.82 Å². The van der Waals surface area contributed by atoms with Gasteiger partial charge in [-0.2, -0.15) is 0 Å². The zero-order chi connectivity index (χ0) is 13.6. The van der Waals surface area contributed by atoms with Crippen molar-refractivity contribution < 1.29 is 4.39 Å². The molecule has 96 valence electrons. The van der Waals surface area contributed by atoms with Crippen molar-refractivity contribution in [3.63, 3.8) is 0 Å². The molecule has 3 aromatic rings. The van der Waals surface area contributed by atoms with Crippen molar-refractivity contribution in [2.24, 2.45) is 0 Å². The van der Waals surface area contributed by atoms with E-state index in [1.165, 1.54) is 6.07 Å². The Morgan fingerprint density at radius 3 is 2.79 bits per heavy atom. The molecular formula is C13H8BrClFN3. The number of nitrogens with two attached hydrogens (primary N) is 1. The van der Waals surface area contributed by atoms with Gasteiger partial charge in [0.2, 0.25) is 5.95 Å². The van der Waals surface area contributed by atoms with Gasteiger partial charge >= 0.3 is 0 Å². The maximum absolute atomic E-state index is 14.0. The molecule has 1 aromatic heterocycles. The van der Waals surface area contributed by atoms with Gasteiger partial charge in [0, 0.05) is 9.50 Å². The number of hydrogen-bond donors (Lipinski definition) is 1. The Kier molecular flexibility index (Phi) is 2.95. The van der Waals surface area contributed by atoms with Gasteiger partial charge in [-0.1, -0.05) is 27.5 Å². The van der Waals surface area contributed by atoms with E-state index in [1.807, 2.05) is 0 Å². The van der Waals surface area contributed by atoms with Crippen molar-refractivity contribution in [2.75, 3.05) is 5.73 Å². The molecule has 3 nitrogen and oxygen atoms in total. The van der Waals surface area contributed by atoms with Gasteiger partial charge in [0.1, 0.15) is 5.82 Å². The lowest BCUT2D eigenvalue weighted by molar-refractivity contribution is 0.619. The average molecular weight is 341 g/mol. The highest BCUT2D eigenvalue weighted by Gasteiger charge is 2.14. The third-order valence-corrected chi connectivity index (χ3v) is 3.52. The third-order valence-electron chi connectivity index (χ3n) is 2.79. The molecule has 19 heavy (non-hydrogen) atoms. The van der Waals surface area contributed by atoms with Crippen LogP contribution in [0.2, 0.25) is 5.02 Å². The van der Waals surface area contributed by atoms with Gasteiger partial charge in [-0.3, -0.25) is 4.57 Å². The van der Waals surface area contributed by atoms with E-state index in [0.29, 0.717) is 21.7 Å². The summed E-state index contributed by atoms with van der Waals surface area (Å²) in [7, 11) is 0. The Hall–Kier alpha value is -1.59. The zero-order valence-electron chi connectivity index (χ0n) is 9.57. The van der Waals surface area contributed by atoms with Gasteiger partial charge in [0.15, 0.2) is 0 Å². The first-order valence-corrected chi connectivity index (χ1v) is 6.62. The SMILES string of the molecule is Nc1nc2ccc(Cl)cc2n1-c1cc(Br)ccc1F. The first kappa shape index (κ1) is 12.4. The van der Waals surface area contributed by atoms with Gasteiger partial charge in [-0.25, -0.2) is 9.37 Å². The van der Waals surface area contributed by atoms with E-state index in [4.69, 9.17) is 17.3 Å². The third kappa shape index (κ3) is 2.09. The number of aromatic nitrogens is 2. The molecule has 0 spiro atoms. The molecular weight excluding hydrogens is 333 g/mol. The van der Waals surface area contributed by atoms with E-state index < -0.39 is 0 Å². The Morgan fingerprint density at radius 2 is 2.00 bits per heavy atom. The van der Waals surface area contributed by atoms with E-state index in [-0.39, 0.29) is 11.8 Å². The molecule has 0 aliphatic heterocycles. The van der Waals surface area contributed by atoms with Crippen LogP contribution in [0.15, 0.2) is 40.9 Å². The van der Waals surface area contributed by atoms with Crippen LogP contribution in [0.5, 0.6) is 0 Å². The van der Waals surface area contributed by atoms with Crippen molar-refractivity contribution in [1.29, 1.82) is 0 Å². The van der Waals surface area contributed by atoms with E-state index in [1.54, 1.807) is 34.9 Å². The lowest BCUT2D eigenvalue weighted by atomic mass is 10.2. The first-order valence-electron chi connectivity index (χ1n) is 5.45. The van der Waals surface area contributed by atoms with Crippen LogP contribution < -0.4 is 5.73 Å². The average Bonchev–Trinajstić information content (AvgIpc) is 2.68. The fourth-order valence-corrected chi connectivity index (χ4v) is 2.49. The van der Waals surface area contributed by atoms with Gasteiger partial charge < -0.3 is 5.73 Å². The largest absolute Gasteiger partial charge is 0.369 e. The maximum Gasteiger partial charge on any atom is 0.206 e. The first-order chi connectivity index (χ1) is 9.06. The lowest BCUT2D eigenvalue weighted by Gasteiger charge is -2.08. The number of imidazole rings is 1. The maximum atomic E-state index is 14.0. The number of fused-ring (bicyclic) bond motifs is 1. The summed E-state index contributed by atoms with van der Waals surface area (Å²) in [6.45, 7) is 0. The van der Waals surface area contributed by atoms with E-state index in [2.05, 4.69) is 20.9 Å². The molecule has 0 amide bonds. The molecule has 3 rings (SSSR count). The summed E-state index contributed by atoms with van der Waals surface area (Å²) in [5, 5.41) is 0.545. The molecule has 2 aromatic carbocycles. The molecule has 0 aliphatic rings. The second-order valence-electron chi connectivity index (χ2n) is 4.03. The monoisotopic (exact) mass is 339 g/mol. The number of nitrogen functional groups attached to an aromatic ring is 1. The Balaban J connectivity index is 2.38. The van der Waals surface area contributed by atoms with E-state index in [0.717, 1.165) is 4.47 Å². The molecule has 0 saturated carbocycles. The summed E-state index contributed by atoms with van der Waals surface area (Å²) in [6, 6.07) is 9.82. The van der Waals surface area contributed by atoms with Crippen LogP contribution in [0.3, 0.4) is 0 Å². The number of halogens is 3. The molecule has 0 radical (unpaired) electrons. The molecule has 0 atom stereocenters. The minimum atomic E-state index is -0.380. The minimum Gasteiger partial charge on any atom is -0.369 e. The number of rotatable bonds is 1. The predicted octanol–water partition coefficient (Wildman–Crippen LogP) is 4.16. The molecule has 2 N–H and O–H groups in total. The second kappa shape index (κ2) is 4.51. The Bertz CT molecular complexity index is 785. The van der Waals surface area contributed by atoms with Crippen LogP contribution in [0.4, 0.5) is 10.3 Å². The summed E-state index contributed by atoms with van der Waals surface area (Å²) in [4.78, 5) is 4.20. The number of hydrogen-bond acceptors (Lipinski definition) is 2. The molecule has 0 bridgehead atoms. The van der Waals surface area contributed by atoms with Crippen LogP contribution >= 0.6 is 27.5 Å². The van der Waals surface area contributed by atoms with Gasteiger partial charge in [0.05, 0.1) is 16.7 Å². The summed E-state index contributed by atoms with van der Waals surface area (Å²) in [5.41, 5.74) is 7.55. The van der Waals surface area contributed by atoms with E-state index in [9.17, 15) is 4.39 Å². The predicted molar refractivity (Wildman–Crippen MR) is 78.2 cm³/mol. The van der Waals surface area contributed by atoms with Gasteiger partial charge in [-0.05, 0) is 36.4 Å². The van der Waals surface area contributed by atoms with Gasteiger partial charge in [-0.15, -0.1) is 0 Å². The lowest BCUT2D eigenvalue weighted by Crippen LogP contribution is -2.03. The molecule has 0 aliphatic carbocycles. The van der Waals surface area contributed by atoms with Crippen LogP contribution in [-0.2, 0) is 0 Å². The minimum absolute atomic E-state index is 0.217. The second-order valence-corrected chi connectivity index (χ2v) is 5.39. The highest BCUT2D eigenvalue weighted by atomic mass is 79.9. The van der Waals surface area contributed by atoms with Crippen molar-refractivity contribution in [1.82, 2.24) is 9.55 Å². The van der Waals surface area contributed by atoms with Crippen molar-refractivity contribution in [3.05, 3.63) is 51.7 Å². The zero-order valence-corrected chi connectivity index (χ0v) is 11.9.